The van der Waals surface area contributed by atoms with E-state index >= 15 is 0 Å². The highest BCUT2D eigenvalue weighted by molar-refractivity contribution is 6.35. The Morgan fingerprint density at radius 1 is 1.04 bits per heavy atom. The van der Waals surface area contributed by atoms with Gasteiger partial charge in [0.1, 0.15) is 6.61 Å². The number of carbonyl (C=O) groups is 2. The summed E-state index contributed by atoms with van der Waals surface area (Å²) < 4.78 is 11.4. The zero-order valence-corrected chi connectivity index (χ0v) is 14.0. The van der Waals surface area contributed by atoms with Crippen molar-refractivity contribution >= 4 is 28.3 Å². The molecule has 1 aliphatic rings. The number of fused-ring (bicyclic) bond motifs is 1. The van der Waals surface area contributed by atoms with Crippen LogP contribution >= 0.6 is 0 Å². The summed E-state index contributed by atoms with van der Waals surface area (Å²) in [4.78, 5) is 26.5. The number of benzene rings is 2. The van der Waals surface area contributed by atoms with Crippen molar-refractivity contribution in [2.24, 2.45) is 0 Å². The van der Waals surface area contributed by atoms with Crippen LogP contribution in [0.1, 0.15) is 11.1 Å². The molecule has 6 heteroatoms. The number of hydrogen-bond acceptors (Lipinski definition) is 4. The molecule has 0 saturated carbocycles. The van der Waals surface area contributed by atoms with Gasteiger partial charge in [-0.05, 0) is 11.6 Å². The molecule has 0 bridgehead atoms. The molecular formula is C20H16N2O4. The molecule has 3 aromatic rings. The summed E-state index contributed by atoms with van der Waals surface area (Å²) in [5.74, 6) is 0.338. The summed E-state index contributed by atoms with van der Waals surface area (Å²) in [6, 6.07) is 13.4. The molecule has 2 heterocycles. The van der Waals surface area contributed by atoms with Crippen LogP contribution in [0.4, 0.5) is 0 Å². The third kappa shape index (κ3) is 2.82. The normalized spacial score (nSPS) is 13.7. The number of H-pyrrole nitrogens is 1. The minimum atomic E-state index is -0.409. The molecule has 0 atom stereocenters. The van der Waals surface area contributed by atoms with Crippen LogP contribution in [0.2, 0.25) is 0 Å². The fraction of sp³-hybridized carbons (Fsp3) is 0.100. The minimum absolute atomic E-state index is 0.334. The second kappa shape index (κ2) is 6.40. The molecule has 2 N–H and O–H groups in total. The molecular weight excluding hydrogens is 332 g/mol. The van der Waals surface area contributed by atoms with Gasteiger partial charge in [-0.2, -0.15) is 0 Å². The smallest absolute Gasteiger partial charge is 0.258 e. The Bertz CT molecular complexity index is 1030. The van der Waals surface area contributed by atoms with Crippen molar-refractivity contribution in [2.45, 2.75) is 6.61 Å². The van der Waals surface area contributed by atoms with Crippen LogP contribution in [0.25, 0.3) is 16.5 Å². The Morgan fingerprint density at radius 2 is 1.85 bits per heavy atom. The minimum Gasteiger partial charge on any atom is -0.493 e. The van der Waals surface area contributed by atoms with Gasteiger partial charge in [0.05, 0.1) is 12.7 Å². The molecule has 1 aliphatic heterocycles. The maximum absolute atomic E-state index is 12.0. The monoisotopic (exact) mass is 348 g/mol. The van der Waals surface area contributed by atoms with Crippen LogP contribution in [0.3, 0.4) is 0 Å². The van der Waals surface area contributed by atoms with E-state index in [4.69, 9.17) is 9.47 Å². The molecule has 0 spiro atoms. The number of amides is 2. The first kappa shape index (κ1) is 16.0. The molecule has 4 rings (SSSR count). The van der Waals surface area contributed by atoms with Crippen LogP contribution in [-0.2, 0) is 16.2 Å². The van der Waals surface area contributed by atoms with E-state index in [1.54, 1.807) is 13.3 Å². The summed E-state index contributed by atoms with van der Waals surface area (Å²) in [7, 11) is 1.58. The highest BCUT2D eigenvalue weighted by Gasteiger charge is 2.25. The SMILES string of the molecule is COc1cc2[nH]cc(C3=CC(=O)NC3=O)c2cc1OCc1ccccc1. The fourth-order valence-electron chi connectivity index (χ4n) is 2.97. The largest absolute Gasteiger partial charge is 0.493 e. The summed E-state index contributed by atoms with van der Waals surface area (Å²) in [5.41, 5.74) is 2.81. The van der Waals surface area contributed by atoms with E-state index in [0.29, 0.717) is 29.2 Å². The lowest BCUT2D eigenvalue weighted by Gasteiger charge is -2.11. The molecule has 6 nitrogen and oxygen atoms in total. The Balaban J connectivity index is 1.73. The maximum Gasteiger partial charge on any atom is 0.258 e. The topological polar surface area (TPSA) is 80.4 Å². The Kier molecular flexibility index (Phi) is 3.93. The number of imide groups is 1. The van der Waals surface area contributed by atoms with Crippen molar-refractivity contribution in [3.05, 3.63) is 65.9 Å². The lowest BCUT2D eigenvalue weighted by Crippen LogP contribution is -2.21. The molecule has 0 saturated heterocycles. The average molecular weight is 348 g/mol. The highest BCUT2D eigenvalue weighted by Crippen LogP contribution is 2.36. The van der Waals surface area contributed by atoms with E-state index in [1.165, 1.54) is 6.08 Å². The van der Waals surface area contributed by atoms with Gasteiger partial charge in [0.2, 0.25) is 0 Å². The number of ether oxygens (including phenoxy) is 2. The Morgan fingerprint density at radius 3 is 2.54 bits per heavy atom. The van der Waals surface area contributed by atoms with Gasteiger partial charge in [0, 0.05) is 34.8 Å². The van der Waals surface area contributed by atoms with Crippen molar-refractivity contribution < 1.29 is 19.1 Å². The number of rotatable bonds is 5. The van der Waals surface area contributed by atoms with E-state index in [1.807, 2.05) is 42.5 Å². The summed E-state index contributed by atoms with van der Waals surface area (Å²) >= 11 is 0. The van der Waals surface area contributed by atoms with Gasteiger partial charge in [-0.3, -0.25) is 14.9 Å². The van der Waals surface area contributed by atoms with Gasteiger partial charge in [-0.15, -0.1) is 0 Å². The van der Waals surface area contributed by atoms with E-state index < -0.39 is 11.8 Å². The van der Waals surface area contributed by atoms with Crippen LogP contribution < -0.4 is 14.8 Å². The van der Waals surface area contributed by atoms with Gasteiger partial charge in [-0.25, -0.2) is 0 Å². The first-order valence-electron chi connectivity index (χ1n) is 8.09. The zero-order valence-electron chi connectivity index (χ0n) is 14.0. The van der Waals surface area contributed by atoms with Crippen LogP contribution in [-0.4, -0.2) is 23.9 Å². The number of aromatic nitrogens is 1. The molecule has 2 amide bonds. The van der Waals surface area contributed by atoms with Gasteiger partial charge < -0.3 is 14.5 Å². The predicted molar refractivity (Wildman–Crippen MR) is 96.8 cm³/mol. The van der Waals surface area contributed by atoms with Crippen molar-refractivity contribution in [2.75, 3.05) is 7.11 Å². The van der Waals surface area contributed by atoms with Crippen molar-refractivity contribution in [1.82, 2.24) is 10.3 Å². The van der Waals surface area contributed by atoms with E-state index in [2.05, 4.69) is 10.3 Å². The molecule has 26 heavy (non-hydrogen) atoms. The first-order valence-corrected chi connectivity index (χ1v) is 8.09. The Labute approximate surface area is 149 Å². The highest BCUT2D eigenvalue weighted by atomic mass is 16.5. The molecule has 130 valence electrons. The van der Waals surface area contributed by atoms with Gasteiger partial charge in [0.15, 0.2) is 11.5 Å². The lowest BCUT2D eigenvalue weighted by atomic mass is 10.0. The van der Waals surface area contributed by atoms with Gasteiger partial charge >= 0.3 is 0 Å². The predicted octanol–water partition coefficient (Wildman–Crippen LogP) is 2.80. The van der Waals surface area contributed by atoms with Crippen LogP contribution in [0.5, 0.6) is 11.5 Å². The summed E-state index contributed by atoms with van der Waals surface area (Å²) in [5, 5.41) is 3.05. The number of methoxy groups -OCH3 is 1. The number of carbonyl (C=O) groups excluding carboxylic acids is 2. The molecule has 0 unspecified atom stereocenters. The first-order chi connectivity index (χ1) is 12.7. The number of nitrogens with one attached hydrogen (secondary N) is 2. The number of hydrogen-bond donors (Lipinski definition) is 2. The molecule has 0 radical (unpaired) electrons. The summed E-state index contributed by atoms with van der Waals surface area (Å²) in [6.07, 6.45) is 3.01. The van der Waals surface area contributed by atoms with E-state index in [-0.39, 0.29) is 0 Å². The molecule has 1 aromatic heterocycles. The van der Waals surface area contributed by atoms with Gasteiger partial charge in [0.25, 0.3) is 11.8 Å². The standard InChI is InChI=1S/C20H16N2O4/c1-25-17-9-16-13(7-18(17)26-11-12-5-3-2-4-6-12)15(10-21-16)14-8-19(23)22-20(14)24/h2-10,21H,11H2,1H3,(H,22,23,24). The maximum atomic E-state index is 12.0. The second-order valence-corrected chi connectivity index (χ2v) is 5.90. The second-order valence-electron chi connectivity index (χ2n) is 5.90. The fourth-order valence-corrected chi connectivity index (χ4v) is 2.97. The molecule has 2 aromatic carbocycles. The molecule has 0 aliphatic carbocycles. The van der Waals surface area contributed by atoms with Gasteiger partial charge in [-0.1, -0.05) is 30.3 Å². The van der Waals surface area contributed by atoms with E-state index in [0.717, 1.165) is 16.5 Å². The summed E-state index contributed by atoms with van der Waals surface area (Å²) in [6.45, 7) is 0.393. The average Bonchev–Trinajstić information content (AvgIpc) is 3.21. The Hall–Kier alpha value is -3.54. The quantitative estimate of drug-likeness (QED) is 0.695. The lowest BCUT2D eigenvalue weighted by molar-refractivity contribution is -0.123. The van der Waals surface area contributed by atoms with E-state index in [9.17, 15) is 9.59 Å². The van der Waals surface area contributed by atoms with Crippen molar-refractivity contribution in [3.8, 4) is 11.5 Å². The third-order valence-corrected chi connectivity index (χ3v) is 4.25. The van der Waals surface area contributed by atoms with Crippen LogP contribution in [0.15, 0.2) is 54.7 Å². The number of aromatic amines is 1. The third-order valence-electron chi connectivity index (χ3n) is 4.25. The van der Waals surface area contributed by atoms with Crippen molar-refractivity contribution in [3.63, 3.8) is 0 Å². The zero-order chi connectivity index (χ0) is 18.1. The molecule has 0 fully saturated rings. The van der Waals surface area contributed by atoms with Crippen LogP contribution in [0, 0.1) is 0 Å². The van der Waals surface area contributed by atoms with Crippen molar-refractivity contribution in [1.29, 1.82) is 0 Å².